The van der Waals surface area contributed by atoms with Crippen molar-refractivity contribution in [1.29, 1.82) is 5.26 Å². The van der Waals surface area contributed by atoms with Crippen molar-refractivity contribution in [2.24, 2.45) is 0 Å². The summed E-state index contributed by atoms with van der Waals surface area (Å²) in [6.45, 7) is 0.966. The number of rotatable bonds is 4. The zero-order valence-corrected chi connectivity index (χ0v) is 9.65. The number of fused-ring (bicyclic) bond motifs is 1. The third kappa shape index (κ3) is 2.58. The zero-order valence-electron chi connectivity index (χ0n) is 8.83. The average molecular weight is 220 g/mol. The van der Waals surface area contributed by atoms with Crippen LogP contribution in [-0.2, 0) is 6.42 Å². The van der Waals surface area contributed by atoms with Crippen LogP contribution in [0.4, 0.5) is 0 Å². The number of nitrogens with zero attached hydrogens (tertiary/aromatic N) is 1. The Bertz CT molecular complexity index is 351. The first-order valence-corrected chi connectivity index (χ1v) is 6.46. The lowest BCUT2D eigenvalue weighted by molar-refractivity contribution is 0.461. The van der Waals surface area contributed by atoms with Gasteiger partial charge in [0.15, 0.2) is 0 Å². The largest absolute Gasteiger partial charge is 0.310 e. The highest BCUT2D eigenvalue weighted by Crippen LogP contribution is 2.33. The van der Waals surface area contributed by atoms with Crippen LogP contribution in [-0.4, -0.2) is 6.54 Å². The second kappa shape index (κ2) is 5.29. The summed E-state index contributed by atoms with van der Waals surface area (Å²) in [5.74, 6) is 0. The molecule has 3 heteroatoms. The van der Waals surface area contributed by atoms with Gasteiger partial charge in [0.2, 0.25) is 0 Å². The Morgan fingerprint density at radius 3 is 3.40 bits per heavy atom. The Kier molecular flexibility index (Phi) is 3.76. The Hall–Kier alpha value is -0.850. The van der Waals surface area contributed by atoms with Crippen molar-refractivity contribution in [3.8, 4) is 6.07 Å². The van der Waals surface area contributed by atoms with E-state index < -0.39 is 0 Å². The number of unbranched alkanes of at least 4 members (excludes halogenated alkanes) is 1. The summed E-state index contributed by atoms with van der Waals surface area (Å²) in [6.07, 6.45) is 5.42. The van der Waals surface area contributed by atoms with Crippen LogP contribution < -0.4 is 5.32 Å². The maximum Gasteiger partial charge on any atom is 0.0622 e. The second-order valence-corrected chi connectivity index (χ2v) is 4.96. The molecule has 0 saturated carbocycles. The van der Waals surface area contributed by atoms with E-state index in [0.717, 1.165) is 13.0 Å². The minimum Gasteiger partial charge on any atom is -0.310 e. The lowest BCUT2D eigenvalue weighted by Crippen LogP contribution is -2.25. The van der Waals surface area contributed by atoms with Gasteiger partial charge in [0, 0.05) is 17.3 Å². The molecule has 0 aliphatic heterocycles. The molecule has 15 heavy (non-hydrogen) atoms. The van der Waals surface area contributed by atoms with Crippen molar-refractivity contribution in [1.82, 2.24) is 5.32 Å². The SMILES string of the molecule is N#CCCCNC1CCCc2sccc21. The summed E-state index contributed by atoms with van der Waals surface area (Å²) in [5, 5.41) is 14.2. The van der Waals surface area contributed by atoms with Crippen molar-refractivity contribution in [3.63, 3.8) is 0 Å². The summed E-state index contributed by atoms with van der Waals surface area (Å²) in [7, 11) is 0. The van der Waals surface area contributed by atoms with E-state index in [0.29, 0.717) is 12.5 Å². The van der Waals surface area contributed by atoms with Gasteiger partial charge in [-0.25, -0.2) is 0 Å². The van der Waals surface area contributed by atoms with Gasteiger partial charge in [0.1, 0.15) is 0 Å². The predicted octanol–water partition coefficient (Wildman–Crippen LogP) is 3.02. The maximum absolute atomic E-state index is 8.45. The Morgan fingerprint density at radius 2 is 2.53 bits per heavy atom. The Morgan fingerprint density at radius 1 is 1.60 bits per heavy atom. The minimum atomic E-state index is 0.540. The number of nitrogens with one attached hydrogen (secondary N) is 1. The summed E-state index contributed by atoms with van der Waals surface area (Å²) >= 11 is 1.88. The van der Waals surface area contributed by atoms with E-state index in [1.165, 1.54) is 24.8 Å². The monoisotopic (exact) mass is 220 g/mol. The molecule has 0 spiro atoms. The summed E-state index contributed by atoms with van der Waals surface area (Å²) in [5.41, 5.74) is 1.50. The third-order valence-corrected chi connectivity index (χ3v) is 3.90. The molecule has 1 aliphatic carbocycles. The standard InChI is InChI=1S/C12H16N2S/c13-7-1-2-8-14-11-4-3-5-12-10(11)6-9-15-12/h6,9,11,14H,1-5,8H2. The second-order valence-electron chi connectivity index (χ2n) is 3.96. The van der Waals surface area contributed by atoms with Gasteiger partial charge in [-0.3, -0.25) is 0 Å². The van der Waals surface area contributed by atoms with Gasteiger partial charge < -0.3 is 5.32 Å². The van der Waals surface area contributed by atoms with E-state index in [2.05, 4.69) is 22.8 Å². The highest BCUT2D eigenvalue weighted by atomic mass is 32.1. The first-order valence-electron chi connectivity index (χ1n) is 5.58. The fraction of sp³-hybridized carbons (Fsp3) is 0.583. The number of nitriles is 1. The molecule has 0 saturated heterocycles. The van der Waals surface area contributed by atoms with Crippen LogP contribution in [0.25, 0.3) is 0 Å². The van der Waals surface area contributed by atoms with E-state index in [1.807, 2.05) is 11.3 Å². The van der Waals surface area contributed by atoms with Gasteiger partial charge in [-0.15, -0.1) is 11.3 Å². The summed E-state index contributed by atoms with van der Waals surface area (Å²) in [4.78, 5) is 1.55. The molecular formula is C12H16N2S. The van der Waals surface area contributed by atoms with Crippen LogP contribution in [0.2, 0.25) is 0 Å². The molecule has 1 atom stereocenters. The van der Waals surface area contributed by atoms with Crippen molar-refractivity contribution >= 4 is 11.3 Å². The van der Waals surface area contributed by atoms with Crippen molar-refractivity contribution in [2.75, 3.05) is 6.54 Å². The van der Waals surface area contributed by atoms with Crippen molar-refractivity contribution in [3.05, 3.63) is 21.9 Å². The minimum absolute atomic E-state index is 0.540. The highest BCUT2D eigenvalue weighted by Gasteiger charge is 2.19. The van der Waals surface area contributed by atoms with Crippen molar-refractivity contribution in [2.45, 2.75) is 38.1 Å². The van der Waals surface area contributed by atoms with Gasteiger partial charge in [-0.2, -0.15) is 5.26 Å². The molecule has 2 nitrogen and oxygen atoms in total. The van der Waals surface area contributed by atoms with E-state index in [1.54, 1.807) is 4.88 Å². The van der Waals surface area contributed by atoms with Crippen LogP contribution in [0, 0.1) is 11.3 Å². The third-order valence-electron chi connectivity index (χ3n) is 2.91. The van der Waals surface area contributed by atoms with Gasteiger partial charge in [0.25, 0.3) is 0 Å². The smallest absolute Gasteiger partial charge is 0.0622 e. The van der Waals surface area contributed by atoms with Gasteiger partial charge in [0.05, 0.1) is 6.07 Å². The average Bonchev–Trinajstić information content (AvgIpc) is 2.73. The molecule has 0 aromatic carbocycles. The Balaban J connectivity index is 1.87. The molecule has 1 unspecified atom stereocenters. The summed E-state index contributed by atoms with van der Waals surface area (Å²) in [6, 6.07) is 4.97. The zero-order chi connectivity index (χ0) is 10.5. The molecule has 1 aromatic rings. The Labute approximate surface area is 94.9 Å². The molecule has 0 fully saturated rings. The first kappa shape index (κ1) is 10.7. The predicted molar refractivity (Wildman–Crippen MR) is 62.8 cm³/mol. The molecule has 80 valence electrons. The molecule has 1 N–H and O–H groups in total. The number of hydrogen-bond acceptors (Lipinski definition) is 3. The number of aryl methyl sites for hydroxylation is 1. The van der Waals surface area contributed by atoms with Gasteiger partial charge in [-0.05, 0) is 49.2 Å². The van der Waals surface area contributed by atoms with Crippen LogP contribution in [0.3, 0.4) is 0 Å². The fourth-order valence-corrected chi connectivity index (χ4v) is 3.13. The lowest BCUT2D eigenvalue weighted by atomic mass is 9.94. The molecule has 0 amide bonds. The molecule has 1 aliphatic rings. The molecule has 1 heterocycles. The van der Waals surface area contributed by atoms with E-state index in [4.69, 9.17) is 5.26 Å². The lowest BCUT2D eigenvalue weighted by Gasteiger charge is -2.23. The van der Waals surface area contributed by atoms with Crippen LogP contribution in [0.5, 0.6) is 0 Å². The van der Waals surface area contributed by atoms with E-state index >= 15 is 0 Å². The molecule has 1 aromatic heterocycles. The molecule has 2 rings (SSSR count). The van der Waals surface area contributed by atoms with Gasteiger partial charge in [-0.1, -0.05) is 0 Å². The molecule has 0 radical (unpaired) electrons. The van der Waals surface area contributed by atoms with E-state index in [9.17, 15) is 0 Å². The molecule has 0 bridgehead atoms. The topological polar surface area (TPSA) is 35.8 Å². The van der Waals surface area contributed by atoms with Gasteiger partial charge >= 0.3 is 0 Å². The van der Waals surface area contributed by atoms with E-state index in [-0.39, 0.29) is 0 Å². The quantitative estimate of drug-likeness (QED) is 0.792. The number of hydrogen-bond donors (Lipinski definition) is 1. The molecular weight excluding hydrogens is 204 g/mol. The van der Waals surface area contributed by atoms with Crippen molar-refractivity contribution < 1.29 is 0 Å². The normalized spacial score (nSPS) is 19.5. The van der Waals surface area contributed by atoms with Crippen LogP contribution in [0.15, 0.2) is 11.4 Å². The maximum atomic E-state index is 8.45. The highest BCUT2D eigenvalue weighted by molar-refractivity contribution is 7.10. The van der Waals surface area contributed by atoms with Crippen LogP contribution in [0.1, 0.15) is 42.2 Å². The number of thiophene rings is 1. The fourth-order valence-electron chi connectivity index (χ4n) is 2.14. The van der Waals surface area contributed by atoms with Crippen LogP contribution >= 0.6 is 11.3 Å². The first-order chi connectivity index (χ1) is 7.42. The summed E-state index contributed by atoms with van der Waals surface area (Å²) < 4.78 is 0.